The molecule has 1 aromatic rings. The van der Waals surface area contributed by atoms with Crippen molar-refractivity contribution in [3.8, 4) is 0 Å². The summed E-state index contributed by atoms with van der Waals surface area (Å²) in [6, 6.07) is 9.20. The van der Waals surface area contributed by atoms with Crippen LogP contribution in [0.3, 0.4) is 0 Å². The number of esters is 1. The predicted molar refractivity (Wildman–Crippen MR) is 85.1 cm³/mol. The summed E-state index contributed by atoms with van der Waals surface area (Å²) >= 11 is 0. The maximum Gasteiger partial charge on any atom is 0.306 e. The third kappa shape index (κ3) is 4.85. The molecule has 0 N–H and O–H groups in total. The molecule has 0 aliphatic carbocycles. The topological polar surface area (TPSA) is 29.5 Å². The van der Waals surface area contributed by atoms with E-state index in [0.717, 1.165) is 25.9 Å². The molecular weight excluding hydrogens is 262 g/mol. The molecule has 1 atom stereocenters. The Balaban J connectivity index is 1.81. The van der Waals surface area contributed by atoms with Gasteiger partial charge in [-0.25, -0.2) is 0 Å². The normalized spacial score (nSPS) is 19.1. The van der Waals surface area contributed by atoms with E-state index in [0.29, 0.717) is 12.5 Å². The van der Waals surface area contributed by atoms with E-state index in [4.69, 9.17) is 4.74 Å². The summed E-state index contributed by atoms with van der Waals surface area (Å²) in [5.74, 6) is -0.0902. The van der Waals surface area contributed by atoms with Crippen LogP contribution in [0, 0.1) is 0 Å². The van der Waals surface area contributed by atoms with Crippen LogP contribution in [-0.2, 0) is 22.5 Å². The van der Waals surface area contributed by atoms with Crippen LogP contribution in [-0.4, -0.2) is 29.1 Å². The highest BCUT2D eigenvalue weighted by atomic mass is 16.6. The van der Waals surface area contributed by atoms with Gasteiger partial charge in [0.2, 0.25) is 0 Å². The first kappa shape index (κ1) is 16.0. The number of hydrogen-bond donors (Lipinski definition) is 0. The highest BCUT2D eigenvalue weighted by molar-refractivity contribution is 5.69. The van der Waals surface area contributed by atoms with E-state index in [-0.39, 0.29) is 11.6 Å². The molecule has 0 fully saturated rings. The molecule has 0 unspecified atom stereocenters. The van der Waals surface area contributed by atoms with Gasteiger partial charge in [0.1, 0.15) is 5.60 Å². The number of carbonyl (C=O) groups is 1. The summed E-state index contributed by atoms with van der Waals surface area (Å²) in [5.41, 5.74) is 2.51. The van der Waals surface area contributed by atoms with Crippen LogP contribution < -0.4 is 0 Å². The van der Waals surface area contributed by atoms with Gasteiger partial charge in [0.15, 0.2) is 0 Å². The second-order valence-electron chi connectivity index (χ2n) is 6.98. The van der Waals surface area contributed by atoms with E-state index < -0.39 is 0 Å². The molecule has 3 heteroatoms. The Kier molecular flexibility index (Phi) is 5.04. The maximum absolute atomic E-state index is 11.7. The summed E-state index contributed by atoms with van der Waals surface area (Å²) in [6.07, 6.45) is 2.46. The number of nitrogens with zero attached hydrogens (tertiary/aromatic N) is 1. The standard InChI is InChI=1S/C18H27NO2/c1-14-12-15-8-5-6-9-16(15)13-19(14)11-7-10-17(20)21-18(2,3)4/h5-6,8-9,14H,7,10-13H2,1-4H3/t14-/m1/s1. The van der Waals surface area contributed by atoms with Gasteiger partial charge < -0.3 is 4.74 Å². The van der Waals surface area contributed by atoms with Crippen LogP contribution in [0.2, 0.25) is 0 Å². The van der Waals surface area contributed by atoms with Gasteiger partial charge in [-0.15, -0.1) is 0 Å². The fourth-order valence-electron chi connectivity index (χ4n) is 2.85. The summed E-state index contributed by atoms with van der Waals surface area (Å²) in [7, 11) is 0. The molecule has 21 heavy (non-hydrogen) atoms. The molecule has 1 heterocycles. The van der Waals surface area contributed by atoms with Crippen LogP contribution in [0.15, 0.2) is 24.3 Å². The molecule has 0 aromatic heterocycles. The van der Waals surface area contributed by atoms with Gasteiger partial charge in [-0.2, -0.15) is 0 Å². The Hall–Kier alpha value is -1.35. The molecule has 1 aromatic carbocycles. The number of fused-ring (bicyclic) bond motifs is 1. The number of rotatable bonds is 4. The van der Waals surface area contributed by atoms with Gasteiger partial charge in [0.25, 0.3) is 0 Å². The van der Waals surface area contributed by atoms with Gasteiger partial charge in [-0.05, 0) is 58.2 Å². The lowest BCUT2D eigenvalue weighted by atomic mass is 9.95. The highest BCUT2D eigenvalue weighted by Gasteiger charge is 2.22. The van der Waals surface area contributed by atoms with Gasteiger partial charge in [-0.3, -0.25) is 9.69 Å². The zero-order chi connectivity index (χ0) is 15.5. The van der Waals surface area contributed by atoms with Gasteiger partial charge in [-0.1, -0.05) is 24.3 Å². The second kappa shape index (κ2) is 6.61. The van der Waals surface area contributed by atoms with Crippen molar-refractivity contribution in [3.63, 3.8) is 0 Å². The van der Waals surface area contributed by atoms with Crippen molar-refractivity contribution in [2.45, 2.75) is 65.1 Å². The van der Waals surface area contributed by atoms with Gasteiger partial charge >= 0.3 is 5.97 Å². The third-order valence-electron chi connectivity index (χ3n) is 3.88. The summed E-state index contributed by atoms with van der Waals surface area (Å²) in [6.45, 7) is 9.95. The molecule has 0 saturated carbocycles. The quantitative estimate of drug-likeness (QED) is 0.794. The summed E-state index contributed by atoms with van der Waals surface area (Å²) < 4.78 is 5.35. The van der Waals surface area contributed by atoms with E-state index in [9.17, 15) is 4.79 Å². The first-order valence-electron chi connectivity index (χ1n) is 7.88. The Morgan fingerprint density at radius 2 is 1.95 bits per heavy atom. The largest absolute Gasteiger partial charge is 0.460 e. The zero-order valence-corrected chi connectivity index (χ0v) is 13.7. The van der Waals surface area contributed by atoms with Crippen molar-refractivity contribution in [1.82, 2.24) is 4.90 Å². The Bertz CT molecular complexity index is 490. The van der Waals surface area contributed by atoms with Crippen molar-refractivity contribution in [3.05, 3.63) is 35.4 Å². The molecule has 1 aliphatic heterocycles. The number of ether oxygens (including phenoxy) is 1. The lowest BCUT2D eigenvalue weighted by Crippen LogP contribution is -2.39. The molecule has 2 rings (SSSR count). The van der Waals surface area contributed by atoms with Crippen molar-refractivity contribution < 1.29 is 9.53 Å². The van der Waals surface area contributed by atoms with Crippen LogP contribution in [0.4, 0.5) is 0 Å². The molecule has 0 amide bonds. The van der Waals surface area contributed by atoms with Gasteiger partial charge in [0, 0.05) is 19.0 Å². The van der Waals surface area contributed by atoms with Crippen molar-refractivity contribution >= 4 is 5.97 Å². The van der Waals surface area contributed by atoms with Crippen LogP contribution in [0.5, 0.6) is 0 Å². The number of benzene rings is 1. The monoisotopic (exact) mass is 289 g/mol. The maximum atomic E-state index is 11.7. The van der Waals surface area contributed by atoms with E-state index in [1.807, 2.05) is 20.8 Å². The van der Waals surface area contributed by atoms with Crippen molar-refractivity contribution in [1.29, 1.82) is 0 Å². The third-order valence-corrected chi connectivity index (χ3v) is 3.88. The lowest BCUT2D eigenvalue weighted by molar-refractivity contribution is -0.155. The molecule has 1 aliphatic rings. The average Bonchev–Trinajstić information content (AvgIpc) is 2.37. The van der Waals surface area contributed by atoms with Crippen LogP contribution >= 0.6 is 0 Å². The minimum absolute atomic E-state index is 0.0902. The first-order chi connectivity index (χ1) is 9.85. The van der Waals surface area contributed by atoms with E-state index in [1.165, 1.54) is 11.1 Å². The van der Waals surface area contributed by atoms with Gasteiger partial charge in [0.05, 0.1) is 0 Å². The lowest BCUT2D eigenvalue weighted by Gasteiger charge is -2.34. The average molecular weight is 289 g/mol. The highest BCUT2D eigenvalue weighted by Crippen LogP contribution is 2.23. The van der Waals surface area contributed by atoms with Crippen LogP contribution in [0.1, 0.15) is 51.7 Å². The summed E-state index contributed by atoms with van der Waals surface area (Å²) in [5, 5.41) is 0. The van der Waals surface area contributed by atoms with E-state index >= 15 is 0 Å². The van der Waals surface area contributed by atoms with Crippen molar-refractivity contribution in [2.75, 3.05) is 6.54 Å². The van der Waals surface area contributed by atoms with E-state index in [2.05, 4.69) is 36.1 Å². The fraction of sp³-hybridized carbons (Fsp3) is 0.611. The number of hydrogen-bond acceptors (Lipinski definition) is 3. The Morgan fingerprint density at radius 1 is 1.29 bits per heavy atom. The Labute approximate surface area is 128 Å². The molecule has 0 saturated heterocycles. The smallest absolute Gasteiger partial charge is 0.306 e. The SMILES string of the molecule is C[C@@H]1Cc2ccccc2CN1CCCC(=O)OC(C)(C)C. The predicted octanol–water partition coefficient (Wildman–Crippen LogP) is 3.56. The van der Waals surface area contributed by atoms with E-state index in [1.54, 1.807) is 0 Å². The minimum atomic E-state index is -0.381. The molecule has 0 spiro atoms. The summed E-state index contributed by atoms with van der Waals surface area (Å²) in [4.78, 5) is 14.2. The number of carbonyl (C=O) groups excluding carboxylic acids is 1. The minimum Gasteiger partial charge on any atom is -0.460 e. The van der Waals surface area contributed by atoms with Crippen molar-refractivity contribution in [2.24, 2.45) is 0 Å². The zero-order valence-electron chi connectivity index (χ0n) is 13.7. The molecule has 0 radical (unpaired) electrons. The first-order valence-corrected chi connectivity index (χ1v) is 7.88. The molecule has 3 nitrogen and oxygen atoms in total. The molecular formula is C18H27NO2. The second-order valence-corrected chi connectivity index (χ2v) is 6.98. The molecule has 116 valence electrons. The van der Waals surface area contributed by atoms with Crippen LogP contribution in [0.25, 0.3) is 0 Å². The Morgan fingerprint density at radius 3 is 2.62 bits per heavy atom. The molecule has 0 bridgehead atoms. The fourth-order valence-corrected chi connectivity index (χ4v) is 2.85.